The number of ether oxygens (including phenoxy) is 3. The molecule has 2 saturated heterocycles. The van der Waals surface area contributed by atoms with Gasteiger partial charge in [-0.25, -0.2) is 0 Å². The van der Waals surface area contributed by atoms with Gasteiger partial charge in [-0.2, -0.15) is 0 Å². The lowest BCUT2D eigenvalue weighted by Gasteiger charge is -2.54. The molecule has 1 amide bonds. The normalized spacial score (nSPS) is 26.1. The standard InChI is InChI=1S/C24H39NO5Si/c1-15(2)31(16(3)4,17(5)6)30-22-21(20-14-28-24(7,8)29-20)25(23(22)26)18-10-12-19(27-9)13-11-18/h10-13,15-17,20-22H,14H2,1-9H3/t20-,21+,22-/m1/s1. The van der Waals surface area contributed by atoms with Gasteiger partial charge in [0.15, 0.2) is 5.79 Å². The van der Waals surface area contributed by atoms with Gasteiger partial charge in [0.25, 0.3) is 5.91 Å². The Labute approximate surface area is 188 Å². The van der Waals surface area contributed by atoms with Gasteiger partial charge in [-0.15, -0.1) is 0 Å². The van der Waals surface area contributed by atoms with Gasteiger partial charge in [0.05, 0.1) is 19.8 Å². The van der Waals surface area contributed by atoms with E-state index in [1.54, 1.807) is 7.11 Å². The van der Waals surface area contributed by atoms with E-state index in [2.05, 4.69) is 41.5 Å². The second-order valence-corrected chi connectivity index (χ2v) is 15.5. The minimum absolute atomic E-state index is 0.00213. The summed E-state index contributed by atoms with van der Waals surface area (Å²) in [6.07, 6.45) is -0.749. The highest BCUT2D eigenvalue weighted by Crippen LogP contribution is 2.47. The third-order valence-electron chi connectivity index (χ3n) is 6.89. The summed E-state index contributed by atoms with van der Waals surface area (Å²) in [4.78, 5) is 15.3. The van der Waals surface area contributed by atoms with Crippen molar-refractivity contribution in [2.24, 2.45) is 0 Å². The van der Waals surface area contributed by atoms with E-state index in [1.807, 2.05) is 43.0 Å². The molecule has 0 unspecified atom stereocenters. The molecule has 0 aliphatic carbocycles. The fraction of sp³-hybridized carbons (Fsp3) is 0.708. The first-order valence-corrected chi connectivity index (χ1v) is 13.5. The van der Waals surface area contributed by atoms with Crippen LogP contribution in [0.4, 0.5) is 5.69 Å². The molecular weight excluding hydrogens is 410 g/mol. The van der Waals surface area contributed by atoms with Crippen LogP contribution < -0.4 is 9.64 Å². The van der Waals surface area contributed by atoms with Crippen molar-refractivity contribution in [2.45, 2.75) is 96.1 Å². The van der Waals surface area contributed by atoms with Crippen LogP contribution in [0.3, 0.4) is 0 Å². The molecule has 7 heteroatoms. The molecule has 0 bridgehead atoms. The number of nitrogens with zero attached hydrogens (tertiary/aromatic N) is 1. The Morgan fingerprint density at radius 2 is 1.58 bits per heavy atom. The summed E-state index contributed by atoms with van der Waals surface area (Å²) in [5.74, 6) is 0.0954. The van der Waals surface area contributed by atoms with Gasteiger partial charge < -0.3 is 23.5 Å². The third kappa shape index (κ3) is 4.30. The van der Waals surface area contributed by atoms with Crippen LogP contribution in [0.5, 0.6) is 5.75 Å². The van der Waals surface area contributed by atoms with Crippen molar-refractivity contribution in [3.05, 3.63) is 24.3 Å². The summed E-state index contributed by atoms with van der Waals surface area (Å²) < 4.78 is 24.3. The summed E-state index contributed by atoms with van der Waals surface area (Å²) in [6.45, 7) is 17.7. The zero-order valence-corrected chi connectivity index (χ0v) is 21.5. The first-order chi connectivity index (χ1) is 14.4. The fourth-order valence-corrected chi connectivity index (χ4v) is 11.0. The average molecular weight is 450 g/mol. The number of benzene rings is 1. The molecule has 2 fully saturated rings. The minimum Gasteiger partial charge on any atom is -0.497 e. The molecule has 2 aliphatic rings. The Bertz CT molecular complexity index is 755. The van der Waals surface area contributed by atoms with Gasteiger partial charge in [-0.3, -0.25) is 4.79 Å². The average Bonchev–Trinajstić information content (AvgIpc) is 3.04. The Balaban J connectivity index is 1.96. The van der Waals surface area contributed by atoms with Gasteiger partial charge in [-0.1, -0.05) is 41.5 Å². The predicted molar refractivity (Wildman–Crippen MR) is 125 cm³/mol. The molecule has 3 atom stereocenters. The number of rotatable bonds is 8. The zero-order valence-electron chi connectivity index (χ0n) is 20.5. The number of methoxy groups -OCH3 is 1. The van der Waals surface area contributed by atoms with Gasteiger partial charge in [-0.05, 0) is 54.7 Å². The van der Waals surface area contributed by atoms with Crippen molar-refractivity contribution >= 4 is 19.9 Å². The highest BCUT2D eigenvalue weighted by molar-refractivity contribution is 6.77. The maximum atomic E-state index is 13.5. The molecule has 0 N–H and O–H groups in total. The Kier molecular flexibility index (Phi) is 6.92. The quantitative estimate of drug-likeness (QED) is 0.407. The first-order valence-electron chi connectivity index (χ1n) is 11.4. The largest absolute Gasteiger partial charge is 0.497 e. The van der Waals surface area contributed by atoms with E-state index in [-0.39, 0.29) is 18.1 Å². The van der Waals surface area contributed by atoms with E-state index in [0.717, 1.165) is 11.4 Å². The second-order valence-electron chi connectivity index (χ2n) is 10.1. The lowest BCUT2D eigenvalue weighted by molar-refractivity contribution is -0.157. The number of carbonyl (C=O) groups is 1. The molecule has 0 radical (unpaired) electrons. The molecule has 2 aliphatic heterocycles. The molecular formula is C24H39NO5Si. The predicted octanol–water partition coefficient (Wildman–Crippen LogP) is 5.12. The van der Waals surface area contributed by atoms with Crippen molar-refractivity contribution in [2.75, 3.05) is 18.6 Å². The topological polar surface area (TPSA) is 57.2 Å². The van der Waals surface area contributed by atoms with Gasteiger partial charge >= 0.3 is 0 Å². The molecule has 174 valence electrons. The van der Waals surface area contributed by atoms with Crippen LogP contribution in [-0.4, -0.2) is 52.0 Å². The fourth-order valence-electron chi connectivity index (χ4n) is 5.52. The monoisotopic (exact) mass is 449 g/mol. The molecule has 3 rings (SSSR count). The van der Waals surface area contributed by atoms with Crippen molar-refractivity contribution in [1.29, 1.82) is 0 Å². The van der Waals surface area contributed by atoms with Crippen LogP contribution in [0.15, 0.2) is 24.3 Å². The lowest BCUT2D eigenvalue weighted by Crippen LogP contribution is -2.73. The summed E-state index contributed by atoms with van der Waals surface area (Å²) in [7, 11) is -0.605. The molecule has 0 aromatic heterocycles. The number of amides is 1. The number of hydrogen-bond donors (Lipinski definition) is 0. The van der Waals surface area contributed by atoms with Crippen molar-refractivity contribution in [3.63, 3.8) is 0 Å². The molecule has 2 heterocycles. The van der Waals surface area contributed by atoms with Gasteiger partial charge in [0.1, 0.15) is 18.0 Å². The number of hydrogen-bond acceptors (Lipinski definition) is 5. The van der Waals surface area contributed by atoms with Gasteiger partial charge in [0, 0.05) is 5.69 Å². The molecule has 0 saturated carbocycles. The Hall–Kier alpha value is -1.41. The summed E-state index contributed by atoms with van der Waals surface area (Å²) in [5, 5.41) is 0. The van der Waals surface area contributed by atoms with Crippen LogP contribution in [0.1, 0.15) is 55.4 Å². The zero-order chi connectivity index (χ0) is 23.1. The van der Waals surface area contributed by atoms with E-state index >= 15 is 0 Å². The van der Waals surface area contributed by atoms with E-state index in [1.165, 1.54) is 0 Å². The summed E-state index contributed by atoms with van der Waals surface area (Å²) in [6, 6.07) is 7.36. The van der Waals surface area contributed by atoms with E-state index in [0.29, 0.717) is 23.2 Å². The summed E-state index contributed by atoms with van der Waals surface area (Å²) >= 11 is 0. The van der Waals surface area contributed by atoms with Crippen LogP contribution in [0.25, 0.3) is 0 Å². The van der Waals surface area contributed by atoms with Crippen molar-refractivity contribution < 1.29 is 23.4 Å². The van der Waals surface area contributed by atoms with E-state index < -0.39 is 20.2 Å². The lowest BCUT2D eigenvalue weighted by atomic mass is 9.92. The third-order valence-corrected chi connectivity index (χ3v) is 13.0. The maximum Gasteiger partial charge on any atom is 0.257 e. The highest BCUT2D eigenvalue weighted by Gasteiger charge is 2.60. The maximum absolute atomic E-state index is 13.5. The second kappa shape index (κ2) is 8.85. The van der Waals surface area contributed by atoms with E-state index in [9.17, 15) is 4.79 Å². The Morgan fingerprint density at radius 3 is 2.00 bits per heavy atom. The van der Waals surface area contributed by atoms with Crippen LogP contribution in [0, 0.1) is 0 Å². The van der Waals surface area contributed by atoms with Gasteiger partial charge in [0.2, 0.25) is 8.32 Å². The molecule has 0 spiro atoms. The number of anilines is 1. The molecule has 1 aromatic rings. The van der Waals surface area contributed by atoms with Crippen molar-refractivity contribution in [1.82, 2.24) is 0 Å². The minimum atomic E-state index is -2.24. The smallest absolute Gasteiger partial charge is 0.257 e. The molecule has 31 heavy (non-hydrogen) atoms. The van der Waals surface area contributed by atoms with Crippen molar-refractivity contribution in [3.8, 4) is 5.75 Å². The molecule has 6 nitrogen and oxygen atoms in total. The SMILES string of the molecule is COc1ccc(N2C(=O)[C@H](O[Si](C(C)C)(C(C)C)C(C)C)[C@@H]2[C@H]2COC(C)(C)O2)cc1. The van der Waals surface area contributed by atoms with Crippen LogP contribution in [-0.2, 0) is 18.7 Å². The highest BCUT2D eigenvalue weighted by atomic mass is 28.4. The first kappa shape index (κ1) is 24.2. The summed E-state index contributed by atoms with van der Waals surface area (Å²) in [5.41, 5.74) is 2.02. The number of carbonyl (C=O) groups excluding carboxylic acids is 1. The van der Waals surface area contributed by atoms with E-state index in [4.69, 9.17) is 18.6 Å². The van der Waals surface area contributed by atoms with Crippen LogP contribution in [0.2, 0.25) is 16.6 Å². The number of β-lactam (4-membered cyclic amide) rings is 1. The Morgan fingerprint density at radius 1 is 1.03 bits per heavy atom. The van der Waals surface area contributed by atoms with Crippen LogP contribution >= 0.6 is 0 Å². The molecule has 1 aromatic carbocycles.